The number of hydrogen-bond acceptors (Lipinski definition) is 6. The minimum absolute atomic E-state index is 0.114. The van der Waals surface area contributed by atoms with Crippen molar-refractivity contribution in [3.05, 3.63) is 109 Å². The van der Waals surface area contributed by atoms with Gasteiger partial charge < -0.3 is 14.2 Å². The van der Waals surface area contributed by atoms with Crippen molar-refractivity contribution in [1.82, 2.24) is 0 Å². The molecule has 0 rings (SSSR count). The molecule has 0 aliphatic carbocycles. The van der Waals surface area contributed by atoms with Crippen LogP contribution in [-0.4, -0.2) is 37.2 Å². The summed E-state index contributed by atoms with van der Waals surface area (Å²) in [4.78, 5) is 37.9. The van der Waals surface area contributed by atoms with Gasteiger partial charge in [0.25, 0.3) is 0 Å². The van der Waals surface area contributed by atoms with Crippen molar-refractivity contribution in [2.24, 2.45) is 0 Å². The Morgan fingerprint density at radius 1 is 0.328 bits per heavy atom. The van der Waals surface area contributed by atoms with Gasteiger partial charge in [-0.2, -0.15) is 0 Å². The zero-order valence-electron chi connectivity index (χ0n) is 41.3. The summed E-state index contributed by atoms with van der Waals surface area (Å²) in [5.41, 5.74) is 0. The maximum atomic E-state index is 12.8. The fourth-order valence-corrected chi connectivity index (χ4v) is 6.68. The van der Waals surface area contributed by atoms with Gasteiger partial charge in [-0.15, -0.1) is 0 Å². The molecule has 0 aliphatic rings. The van der Waals surface area contributed by atoms with Crippen LogP contribution in [0.15, 0.2) is 109 Å². The van der Waals surface area contributed by atoms with Gasteiger partial charge in [-0.3, -0.25) is 14.4 Å². The Labute approximate surface area is 393 Å². The SMILES string of the molecule is CC/C=C/C/C=C/C/C=C/C/C=C/CCCCCCCCC(=O)OCC(COC(=O)CC/C=C/C/C=C/CCCCCCCC)OC(=O)CCCCCC/C=C/C/C=C/C/C=C/CC. The molecule has 0 radical (unpaired) electrons. The Kier molecular flexibility index (Phi) is 48.5. The monoisotopic (exact) mass is 887 g/mol. The first-order valence-corrected chi connectivity index (χ1v) is 25.9. The molecule has 0 fully saturated rings. The summed E-state index contributed by atoms with van der Waals surface area (Å²) in [7, 11) is 0. The first-order valence-electron chi connectivity index (χ1n) is 25.9. The summed E-state index contributed by atoms with van der Waals surface area (Å²) >= 11 is 0. The van der Waals surface area contributed by atoms with Crippen LogP contribution in [0.25, 0.3) is 0 Å². The molecule has 0 saturated carbocycles. The maximum absolute atomic E-state index is 12.8. The van der Waals surface area contributed by atoms with Gasteiger partial charge in [0.2, 0.25) is 0 Å². The van der Waals surface area contributed by atoms with E-state index in [0.29, 0.717) is 12.8 Å². The number of hydrogen-bond donors (Lipinski definition) is 0. The molecule has 64 heavy (non-hydrogen) atoms. The molecule has 0 aromatic carbocycles. The Balaban J connectivity index is 4.50. The molecule has 0 aliphatic heterocycles. The molecule has 0 bridgehead atoms. The van der Waals surface area contributed by atoms with Crippen molar-refractivity contribution in [2.75, 3.05) is 13.2 Å². The lowest BCUT2D eigenvalue weighted by Crippen LogP contribution is -2.30. The van der Waals surface area contributed by atoms with E-state index in [2.05, 4.69) is 124 Å². The topological polar surface area (TPSA) is 78.9 Å². The lowest BCUT2D eigenvalue weighted by molar-refractivity contribution is -0.166. The van der Waals surface area contributed by atoms with Crippen molar-refractivity contribution in [1.29, 1.82) is 0 Å². The highest BCUT2D eigenvalue weighted by Gasteiger charge is 2.19. The molecule has 0 spiro atoms. The molecule has 0 amide bonds. The van der Waals surface area contributed by atoms with E-state index in [9.17, 15) is 14.4 Å². The van der Waals surface area contributed by atoms with Crippen molar-refractivity contribution < 1.29 is 28.6 Å². The lowest BCUT2D eigenvalue weighted by Gasteiger charge is -2.18. The van der Waals surface area contributed by atoms with E-state index >= 15 is 0 Å². The van der Waals surface area contributed by atoms with Crippen LogP contribution in [0.2, 0.25) is 0 Å². The number of carbonyl (C=O) groups excluding carboxylic acids is 3. The quantitative estimate of drug-likeness (QED) is 0.0262. The average molecular weight is 887 g/mol. The normalized spacial score (nSPS) is 13.0. The van der Waals surface area contributed by atoms with Gasteiger partial charge in [-0.05, 0) is 109 Å². The summed E-state index contributed by atoms with van der Waals surface area (Å²) in [6.07, 6.45) is 69.4. The predicted molar refractivity (Wildman–Crippen MR) is 274 cm³/mol. The van der Waals surface area contributed by atoms with Crippen molar-refractivity contribution in [3.8, 4) is 0 Å². The Bertz CT molecular complexity index is 1340. The zero-order chi connectivity index (χ0) is 46.5. The van der Waals surface area contributed by atoms with Crippen molar-refractivity contribution in [2.45, 2.75) is 226 Å². The van der Waals surface area contributed by atoms with Gasteiger partial charge >= 0.3 is 17.9 Å². The predicted octanol–water partition coefficient (Wildman–Crippen LogP) is 17.1. The highest BCUT2D eigenvalue weighted by Crippen LogP contribution is 2.12. The number of unbranched alkanes of at least 4 members (excludes halogenated alkanes) is 16. The van der Waals surface area contributed by atoms with Crippen LogP contribution in [0.5, 0.6) is 0 Å². The number of esters is 3. The first-order chi connectivity index (χ1) is 31.5. The number of allylic oxidation sites excluding steroid dienone is 18. The fraction of sp³-hybridized carbons (Fsp3) is 0.638. The van der Waals surface area contributed by atoms with E-state index in [-0.39, 0.29) is 44.0 Å². The average Bonchev–Trinajstić information content (AvgIpc) is 3.29. The van der Waals surface area contributed by atoms with Gasteiger partial charge in [0.05, 0.1) is 0 Å². The van der Waals surface area contributed by atoms with Crippen LogP contribution >= 0.6 is 0 Å². The van der Waals surface area contributed by atoms with E-state index in [4.69, 9.17) is 14.2 Å². The third-order valence-corrected chi connectivity index (χ3v) is 10.5. The second kappa shape index (κ2) is 51.7. The minimum Gasteiger partial charge on any atom is -0.462 e. The van der Waals surface area contributed by atoms with Gasteiger partial charge in [-0.1, -0.05) is 201 Å². The van der Waals surface area contributed by atoms with Crippen LogP contribution in [0, 0.1) is 0 Å². The summed E-state index contributed by atoms with van der Waals surface area (Å²) in [5.74, 6) is -1.03. The Morgan fingerprint density at radius 3 is 1.05 bits per heavy atom. The van der Waals surface area contributed by atoms with Crippen LogP contribution < -0.4 is 0 Å². The number of rotatable bonds is 45. The molecule has 362 valence electrons. The second-order valence-corrected chi connectivity index (χ2v) is 16.7. The van der Waals surface area contributed by atoms with Gasteiger partial charge in [-0.25, -0.2) is 0 Å². The zero-order valence-corrected chi connectivity index (χ0v) is 41.3. The van der Waals surface area contributed by atoms with Gasteiger partial charge in [0.1, 0.15) is 13.2 Å². The highest BCUT2D eigenvalue weighted by atomic mass is 16.6. The molecule has 1 unspecified atom stereocenters. The molecule has 0 heterocycles. The van der Waals surface area contributed by atoms with Gasteiger partial charge in [0, 0.05) is 19.3 Å². The smallest absolute Gasteiger partial charge is 0.306 e. The molecular weight excluding hydrogens is 793 g/mol. The number of carbonyl (C=O) groups is 3. The molecule has 0 aromatic rings. The number of ether oxygens (including phenoxy) is 3. The molecule has 0 aromatic heterocycles. The van der Waals surface area contributed by atoms with Crippen molar-refractivity contribution >= 4 is 17.9 Å². The summed E-state index contributed by atoms with van der Waals surface area (Å²) in [6.45, 7) is 6.30. The van der Waals surface area contributed by atoms with E-state index in [1.165, 1.54) is 51.4 Å². The summed E-state index contributed by atoms with van der Waals surface area (Å²) in [5, 5.41) is 0. The van der Waals surface area contributed by atoms with E-state index < -0.39 is 6.10 Å². The second-order valence-electron chi connectivity index (χ2n) is 16.7. The highest BCUT2D eigenvalue weighted by molar-refractivity contribution is 5.71. The fourth-order valence-electron chi connectivity index (χ4n) is 6.68. The lowest BCUT2D eigenvalue weighted by atomic mass is 10.1. The van der Waals surface area contributed by atoms with Crippen molar-refractivity contribution in [3.63, 3.8) is 0 Å². The standard InChI is InChI=1S/C58H94O6/c1-4-7-10-13-16-19-22-25-27-28-29-30-31-34-36-39-42-45-48-51-57(60)63-54-55(53-62-56(59)50-47-44-41-38-35-32-24-21-18-15-12-9-6-3)64-58(61)52-49-46-43-40-37-33-26-23-20-17-14-11-8-5-2/h7-8,10-11,16-17,19-20,25-27,29-30,32-33,35,41,44,55H,4-6,9,12-15,18,21-24,28,31,34,36-40,42-43,45-54H2,1-3H3/b10-7+,11-8+,19-16+,20-17+,27-25+,30-29+,33-26+,35-32+,44-41+. The van der Waals surface area contributed by atoms with E-state index in [0.717, 1.165) is 122 Å². The van der Waals surface area contributed by atoms with Crippen LogP contribution in [0.1, 0.15) is 220 Å². The van der Waals surface area contributed by atoms with E-state index in [1.807, 2.05) is 6.08 Å². The Morgan fingerprint density at radius 2 is 0.641 bits per heavy atom. The molecule has 0 saturated heterocycles. The van der Waals surface area contributed by atoms with Crippen LogP contribution in [0.3, 0.4) is 0 Å². The summed E-state index contributed by atoms with van der Waals surface area (Å²) < 4.78 is 16.7. The van der Waals surface area contributed by atoms with E-state index in [1.54, 1.807) is 0 Å². The van der Waals surface area contributed by atoms with Gasteiger partial charge in [0.15, 0.2) is 6.10 Å². The third-order valence-electron chi connectivity index (χ3n) is 10.5. The molecule has 1 atom stereocenters. The third kappa shape index (κ3) is 49.1. The molecule has 6 heteroatoms. The molecule has 0 N–H and O–H groups in total. The Hall–Kier alpha value is -3.93. The molecule has 6 nitrogen and oxygen atoms in total. The summed E-state index contributed by atoms with van der Waals surface area (Å²) in [6, 6.07) is 0. The first kappa shape index (κ1) is 60.1. The largest absolute Gasteiger partial charge is 0.462 e. The molecular formula is C58H94O6. The van der Waals surface area contributed by atoms with Crippen LogP contribution in [-0.2, 0) is 28.6 Å². The minimum atomic E-state index is -0.820. The van der Waals surface area contributed by atoms with Crippen LogP contribution in [0.4, 0.5) is 0 Å². The maximum Gasteiger partial charge on any atom is 0.306 e.